The first-order valence-corrected chi connectivity index (χ1v) is 11.2. The first kappa shape index (κ1) is 22.6. The molecule has 5 rings (SSSR count). The van der Waals surface area contributed by atoms with Gasteiger partial charge in [0.1, 0.15) is 6.61 Å². The summed E-state index contributed by atoms with van der Waals surface area (Å²) in [5, 5.41) is 21.7. The monoisotopic (exact) mass is 472 g/mol. The Morgan fingerprint density at radius 3 is 2.17 bits per heavy atom. The lowest BCUT2D eigenvalue weighted by Gasteiger charge is -2.43. The summed E-state index contributed by atoms with van der Waals surface area (Å²) in [5.41, 5.74) is 3.84. The van der Waals surface area contributed by atoms with E-state index >= 15 is 0 Å². The lowest BCUT2D eigenvalue weighted by atomic mass is 9.92. The third kappa shape index (κ3) is 3.91. The highest BCUT2D eigenvalue weighted by Crippen LogP contribution is 2.44. The van der Waals surface area contributed by atoms with Gasteiger partial charge in [0.2, 0.25) is 0 Å². The van der Waals surface area contributed by atoms with Crippen LogP contribution in [-0.4, -0.2) is 58.4 Å². The number of ether oxygens (including phenoxy) is 1. The molecule has 8 heteroatoms. The normalized spacial score (nSPS) is 15.5. The fraction of sp³-hybridized carbons (Fsp3) is 0.222. The molecule has 1 heterocycles. The van der Waals surface area contributed by atoms with Crippen molar-refractivity contribution < 1.29 is 29.3 Å². The molecule has 178 valence electrons. The van der Waals surface area contributed by atoms with Gasteiger partial charge < -0.3 is 19.8 Å². The van der Waals surface area contributed by atoms with Crippen molar-refractivity contribution in [2.75, 3.05) is 25.0 Å². The van der Waals surface area contributed by atoms with E-state index in [4.69, 9.17) is 9.84 Å². The Kier molecular flexibility index (Phi) is 5.53. The van der Waals surface area contributed by atoms with E-state index in [1.165, 1.54) is 4.90 Å². The van der Waals surface area contributed by atoms with Crippen molar-refractivity contribution in [2.24, 2.45) is 0 Å². The predicted molar refractivity (Wildman–Crippen MR) is 128 cm³/mol. The lowest BCUT2D eigenvalue weighted by molar-refractivity contribution is -0.173. The number of likely N-dealkylation sites (tertiary alicyclic amines) is 1. The van der Waals surface area contributed by atoms with Crippen molar-refractivity contribution in [3.8, 4) is 11.1 Å². The molecule has 8 nitrogen and oxygen atoms in total. The molecule has 0 saturated carbocycles. The van der Waals surface area contributed by atoms with Crippen molar-refractivity contribution in [3.63, 3.8) is 0 Å². The number of anilines is 1. The predicted octanol–water partition coefficient (Wildman–Crippen LogP) is 3.63. The van der Waals surface area contributed by atoms with Crippen LogP contribution in [0.15, 0.2) is 66.7 Å². The molecular weight excluding hydrogens is 448 g/mol. The number of carbonyl (C=O) groups excluding carboxylic acids is 2. The van der Waals surface area contributed by atoms with Crippen molar-refractivity contribution >= 4 is 23.7 Å². The molecule has 3 aromatic rings. The first-order valence-electron chi connectivity index (χ1n) is 11.2. The van der Waals surface area contributed by atoms with Crippen LogP contribution in [0, 0.1) is 6.92 Å². The summed E-state index contributed by atoms with van der Waals surface area (Å²) in [6.45, 7) is 1.28. The summed E-state index contributed by atoms with van der Waals surface area (Å²) in [7, 11) is 0. The molecule has 1 aliphatic heterocycles. The number of amides is 2. The van der Waals surface area contributed by atoms with Gasteiger partial charge in [0.25, 0.3) is 5.91 Å². The van der Waals surface area contributed by atoms with Gasteiger partial charge in [-0.15, -0.1) is 0 Å². The number of carboxylic acids is 1. The summed E-state index contributed by atoms with van der Waals surface area (Å²) >= 11 is 0. The SMILES string of the molecule is Cc1c(NC(=O)OCC2c3ccccc3-c3ccccc32)cccc1C(=O)N1CC(O)(C(=O)O)C1. The highest BCUT2D eigenvalue weighted by atomic mass is 16.5. The number of aliphatic carboxylic acids is 1. The Labute approximate surface area is 201 Å². The molecule has 0 unspecified atom stereocenters. The van der Waals surface area contributed by atoms with Gasteiger partial charge in [0.05, 0.1) is 13.1 Å². The number of hydrogen-bond acceptors (Lipinski definition) is 5. The number of fused-ring (bicyclic) bond motifs is 3. The summed E-state index contributed by atoms with van der Waals surface area (Å²) < 4.78 is 5.59. The topological polar surface area (TPSA) is 116 Å². The average Bonchev–Trinajstić information content (AvgIpc) is 3.15. The van der Waals surface area contributed by atoms with E-state index in [9.17, 15) is 19.5 Å². The molecule has 2 amide bonds. The standard InChI is InChI=1S/C27H24N2O6/c1-16-17(24(30)29-14-27(34,15-29)25(31)32)11-6-12-23(16)28-26(33)35-13-22-20-9-4-2-7-18(20)19-8-3-5-10-21(19)22/h2-12,22,34H,13-15H2,1H3,(H,28,33)(H,31,32). The molecule has 35 heavy (non-hydrogen) atoms. The fourth-order valence-electron chi connectivity index (χ4n) is 4.78. The van der Waals surface area contributed by atoms with E-state index in [0.717, 1.165) is 22.3 Å². The molecular formula is C27H24N2O6. The summed E-state index contributed by atoms with van der Waals surface area (Å²) in [4.78, 5) is 37.8. The van der Waals surface area contributed by atoms with Crippen LogP contribution in [-0.2, 0) is 9.53 Å². The fourth-order valence-corrected chi connectivity index (χ4v) is 4.78. The number of hydrogen-bond donors (Lipinski definition) is 3. The smallest absolute Gasteiger partial charge is 0.411 e. The highest BCUT2D eigenvalue weighted by molar-refractivity contribution is 6.00. The number of aliphatic hydroxyl groups is 1. The van der Waals surface area contributed by atoms with Crippen LogP contribution in [0.4, 0.5) is 10.5 Å². The van der Waals surface area contributed by atoms with Crippen LogP contribution in [0.3, 0.4) is 0 Å². The van der Waals surface area contributed by atoms with Gasteiger partial charge in [-0.2, -0.15) is 0 Å². The zero-order valence-corrected chi connectivity index (χ0v) is 19.0. The zero-order chi connectivity index (χ0) is 24.7. The van der Waals surface area contributed by atoms with Crippen LogP contribution in [0.5, 0.6) is 0 Å². The number of β-amino-alcohol motifs (C(OH)–C–C–N with tert-alkyl or cyclic N) is 1. The van der Waals surface area contributed by atoms with E-state index in [-0.39, 0.29) is 25.6 Å². The number of carbonyl (C=O) groups is 3. The maximum absolute atomic E-state index is 12.8. The van der Waals surface area contributed by atoms with Crippen molar-refractivity contribution in [1.82, 2.24) is 4.90 Å². The molecule has 3 N–H and O–H groups in total. The Bertz CT molecular complexity index is 1300. The van der Waals surface area contributed by atoms with Crippen LogP contribution in [0.1, 0.15) is 33.0 Å². The molecule has 3 aromatic carbocycles. The lowest BCUT2D eigenvalue weighted by Crippen LogP contribution is -2.67. The molecule has 1 aliphatic carbocycles. The van der Waals surface area contributed by atoms with Gasteiger partial charge >= 0.3 is 12.1 Å². The van der Waals surface area contributed by atoms with Gasteiger partial charge in [-0.3, -0.25) is 10.1 Å². The largest absolute Gasteiger partial charge is 0.479 e. The first-order chi connectivity index (χ1) is 16.8. The van der Waals surface area contributed by atoms with Crippen LogP contribution in [0.2, 0.25) is 0 Å². The van der Waals surface area contributed by atoms with Crippen LogP contribution >= 0.6 is 0 Å². The molecule has 0 spiro atoms. The van der Waals surface area contributed by atoms with Gasteiger partial charge in [-0.1, -0.05) is 54.6 Å². The van der Waals surface area contributed by atoms with Crippen molar-refractivity contribution in [1.29, 1.82) is 0 Å². The molecule has 1 fully saturated rings. The van der Waals surface area contributed by atoms with Crippen molar-refractivity contribution in [2.45, 2.75) is 18.4 Å². The minimum Gasteiger partial charge on any atom is -0.479 e. The van der Waals surface area contributed by atoms with Crippen LogP contribution < -0.4 is 5.32 Å². The summed E-state index contributed by atoms with van der Waals surface area (Å²) in [5.74, 6) is -1.84. The van der Waals surface area contributed by atoms with E-state index in [1.54, 1.807) is 25.1 Å². The number of nitrogens with zero attached hydrogens (tertiary/aromatic N) is 1. The van der Waals surface area contributed by atoms with E-state index < -0.39 is 23.6 Å². The maximum atomic E-state index is 12.8. The number of rotatable bonds is 5. The quantitative estimate of drug-likeness (QED) is 0.522. The Morgan fingerprint density at radius 2 is 1.57 bits per heavy atom. The third-order valence-electron chi connectivity index (χ3n) is 6.73. The Hall–Kier alpha value is -4.17. The molecule has 2 aliphatic rings. The van der Waals surface area contributed by atoms with Gasteiger partial charge in [-0.05, 0) is 46.9 Å². The second-order valence-electron chi connectivity index (χ2n) is 8.93. The van der Waals surface area contributed by atoms with E-state index in [1.807, 2.05) is 36.4 Å². The van der Waals surface area contributed by atoms with Crippen molar-refractivity contribution in [3.05, 3.63) is 89.0 Å². The van der Waals surface area contributed by atoms with Gasteiger partial charge in [-0.25, -0.2) is 9.59 Å². The minimum atomic E-state index is -1.92. The number of benzene rings is 3. The highest BCUT2D eigenvalue weighted by Gasteiger charge is 2.50. The summed E-state index contributed by atoms with van der Waals surface area (Å²) in [6.07, 6.45) is -0.635. The van der Waals surface area contributed by atoms with E-state index in [0.29, 0.717) is 16.8 Å². The minimum absolute atomic E-state index is 0.0680. The molecule has 0 atom stereocenters. The average molecular weight is 472 g/mol. The Balaban J connectivity index is 1.26. The van der Waals surface area contributed by atoms with Gasteiger partial charge in [0, 0.05) is 17.2 Å². The molecule has 0 radical (unpaired) electrons. The maximum Gasteiger partial charge on any atom is 0.411 e. The Morgan fingerprint density at radius 1 is 0.971 bits per heavy atom. The molecule has 0 aromatic heterocycles. The number of nitrogens with one attached hydrogen (secondary N) is 1. The number of carboxylic acid groups (broad SMARTS) is 1. The summed E-state index contributed by atoms with van der Waals surface area (Å²) in [6, 6.07) is 21.0. The molecule has 1 saturated heterocycles. The second-order valence-corrected chi connectivity index (χ2v) is 8.93. The molecule has 0 bridgehead atoms. The van der Waals surface area contributed by atoms with Crippen LogP contribution in [0.25, 0.3) is 11.1 Å². The van der Waals surface area contributed by atoms with Gasteiger partial charge in [0.15, 0.2) is 5.60 Å². The zero-order valence-electron chi connectivity index (χ0n) is 19.0. The third-order valence-corrected chi connectivity index (χ3v) is 6.73. The second kappa shape index (κ2) is 8.56. The van der Waals surface area contributed by atoms with E-state index in [2.05, 4.69) is 17.4 Å².